The maximum absolute atomic E-state index is 6.25. The molecule has 19 heavy (non-hydrogen) atoms. The summed E-state index contributed by atoms with van der Waals surface area (Å²) in [6.07, 6.45) is 0. The van der Waals surface area contributed by atoms with Gasteiger partial charge in [-0.3, -0.25) is 0 Å². The Morgan fingerprint density at radius 3 is 2.05 bits per heavy atom. The summed E-state index contributed by atoms with van der Waals surface area (Å²) in [5.74, 6) is 0. The van der Waals surface area contributed by atoms with Gasteiger partial charge in [-0.25, -0.2) is 13.2 Å². The molecule has 93 valence electrons. The van der Waals surface area contributed by atoms with E-state index in [0.717, 1.165) is 5.56 Å². The van der Waals surface area contributed by atoms with Crippen LogP contribution in [0.4, 0.5) is 0 Å². The Hall–Kier alpha value is 0.0843. The van der Waals surface area contributed by atoms with Crippen LogP contribution in [0, 0.1) is 24.3 Å². The van der Waals surface area contributed by atoms with Crippen LogP contribution in [-0.4, -0.2) is 0 Å². The van der Waals surface area contributed by atoms with Crippen LogP contribution < -0.4 is 37.7 Å². The molecule has 0 aliphatic rings. The summed E-state index contributed by atoms with van der Waals surface area (Å²) in [5, 5.41) is 11.1. The molecule has 1 radical (unpaired) electrons. The van der Waals surface area contributed by atoms with E-state index in [2.05, 4.69) is 17.2 Å². The van der Waals surface area contributed by atoms with E-state index >= 15 is 0 Å². The predicted molar refractivity (Wildman–Crippen MR) is 64.7 cm³/mol. The normalized spacial score (nSPS) is 6.68. The van der Waals surface area contributed by atoms with Crippen molar-refractivity contribution in [3.63, 3.8) is 0 Å². The molecule has 2 aromatic rings. The number of hydrogen-bond donors (Lipinski definition) is 0. The molecule has 0 N–H and O–H groups in total. The van der Waals surface area contributed by atoms with Gasteiger partial charge >= 0.3 is 54.8 Å². The van der Waals surface area contributed by atoms with E-state index in [9.17, 15) is 0 Å². The number of thiophene rings is 1. The first-order valence-electron chi connectivity index (χ1n) is 4.46. The second-order valence-electron chi connectivity index (χ2n) is 2.56. The number of nitrogens with zero attached hydrogens (tertiary/aromatic N) is 1. The smallest absolute Gasteiger partial charge is 0.552 e. The van der Waals surface area contributed by atoms with E-state index in [4.69, 9.17) is 11.8 Å². The van der Waals surface area contributed by atoms with Crippen molar-refractivity contribution in [2.75, 3.05) is 0 Å². The number of ether oxygens (including phenoxy) is 1. The molecule has 1 heterocycles. The second-order valence-corrected chi connectivity index (χ2v) is 3.31. The van der Waals surface area contributed by atoms with E-state index in [1.807, 2.05) is 47.8 Å². The standard InChI is InChI=1S/C8H9O.C4H3S.CN.Cu.2Li/c1-9-7-8-5-3-2-4-6-8;1-2-4-5-3-1;1-2;;;/h2-6H,1,7H2;1-3H;;;;/q3*-1;+2;2*+1. The summed E-state index contributed by atoms with van der Waals surface area (Å²) >= 11 is 1.59. The fourth-order valence-electron chi connectivity index (χ4n) is 0.889. The minimum Gasteiger partial charge on any atom is -0.552 e. The van der Waals surface area contributed by atoms with E-state index < -0.39 is 0 Å². The third-order valence-corrected chi connectivity index (χ3v) is 2.06. The zero-order valence-electron chi connectivity index (χ0n) is 11.1. The van der Waals surface area contributed by atoms with Crippen molar-refractivity contribution in [3.05, 3.63) is 72.5 Å². The first kappa shape index (κ1) is 27.4. The molecule has 0 saturated heterocycles. The molecule has 0 atom stereocenters. The van der Waals surface area contributed by atoms with Gasteiger partial charge in [-0.15, -0.1) is 5.38 Å². The summed E-state index contributed by atoms with van der Waals surface area (Å²) in [5.41, 5.74) is 1.16. The summed E-state index contributed by atoms with van der Waals surface area (Å²) in [6, 6.07) is 13.8. The van der Waals surface area contributed by atoms with E-state index in [-0.39, 0.29) is 54.8 Å². The van der Waals surface area contributed by atoms with Crippen LogP contribution in [0.15, 0.2) is 47.8 Å². The molecule has 0 spiro atoms. The Balaban J connectivity index is -0.0000000987. The molecule has 0 aliphatic carbocycles. The van der Waals surface area contributed by atoms with Gasteiger partial charge in [-0.1, -0.05) is 30.3 Å². The minimum atomic E-state index is 0. The van der Waals surface area contributed by atoms with Gasteiger partial charge in [0.1, 0.15) is 0 Å². The Morgan fingerprint density at radius 2 is 1.74 bits per heavy atom. The van der Waals surface area contributed by atoms with Crippen molar-refractivity contribution in [3.8, 4) is 0 Å². The van der Waals surface area contributed by atoms with Gasteiger partial charge in [0.25, 0.3) is 0 Å². The van der Waals surface area contributed by atoms with Gasteiger partial charge in [0.2, 0.25) is 0 Å². The largest absolute Gasteiger partial charge is 2.00 e. The van der Waals surface area contributed by atoms with Crippen LogP contribution in [0.1, 0.15) is 5.56 Å². The van der Waals surface area contributed by atoms with Crippen molar-refractivity contribution in [1.29, 1.82) is 5.26 Å². The number of hydrogen-bond acceptors (Lipinski definition) is 3. The molecule has 0 saturated carbocycles. The molecule has 0 unspecified atom stereocenters. The third kappa shape index (κ3) is 18.1. The van der Waals surface area contributed by atoms with Crippen LogP contribution in [-0.2, 0) is 28.4 Å². The Kier molecular flexibility index (Phi) is 33.5. The van der Waals surface area contributed by atoms with Crippen molar-refractivity contribution in [2.45, 2.75) is 6.61 Å². The molecule has 1 aromatic heterocycles. The maximum atomic E-state index is 6.25. The summed E-state index contributed by atoms with van der Waals surface area (Å²) < 4.78 is 4.68. The van der Waals surface area contributed by atoms with Gasteiger partial charge in [-0.2, -0.15) is 11.4 Å². The summed E-state index contributed by atoms with van der Waals surface area (Å²) in [6.45, 7) is 5.35. The van der Waals surface area contributed by atoms with Crippen LogP contribution in [0.2, 0.25) is 0 Å². The van der Waals surface area contributed by atoms with Crippen LogP contribution in [0.25, 0.3) is 0 Å². The quantitative estimate of drug-likeness (QED) is 0.460. The van der Waals surface area contributed by atoms with Gasteiger partial charge in [0, 0.05) is 6.61 Å². The van der Waals surface area contributed by atoms with E-state index in [1.54, 1.807) is 11.3 Å². The average Bonchev–Trinajstić information content (AvgIpc) is 2.92. The molecular formula is C13H12CuLi2NOS+. The molecule has 6 heteroatoms. The number of benzene rings is 1. The first-order valence-corrected chi connectivity index (χ1v) is 5.34. The molecule has 0 aliphatic heterocycles. The minimum absolute atomic E-state index is 0. The van der Waals surface area contributed by atoms with Gasteiger partial charge in [0.15, 0.2) is 0 Å². The van der Waals surface area contributed by atoms with Gasteiger partial charge < -0.3 is 27.9 Å². The fourth-order valence-corrected chi connectivity index (χ4v) is 1.28. The zero-order chi connectivity index (χ0) is 12.1. The molecule has 0 bridgehead atoms. The van der Waals surface area contributed by atoms with E-state index in [1.165, 1.54) is 0 Å². The first-order chi connectivity index (χ1) is 7.93. The molecule has 1 aromatic carbocycles. The van der Waals surface area contributed by atoms with Crippen molar-refractivity contribution >= 4 is 11.3 Å². The second kappa shape index (κ2) is 23.2. The molecule has 2 rings (SSSR count). The third-order valence-electron chi connectivity index (χ3n) is 1.49. The van der Waals surface area contributed by atoms with Crippen molar-refractivity contribution in [2.24, 2.45) is 0 Å². The molecular weight excluding hydrogens is 296 g/mol. The fraction of sp³-hybridized carbons (Fsp3) is 0.0769. The van der Waals surface area contributed by atoms with Crippen LogP contribution in [0.3, 0.4) is 0 Å². The maximum Gasteiger partial charge on any atom is 2.00 e. The number of rotatable bonds is 2. The van der Waals surface area contributed by atoms with Gasteiger partial charge in [0.05, 0.1) is 0 Å². The van der Waals surface area contributed by atoms with E-state index in [0.29, 0.717) is 6.61 Å². The van der Waals surface area contributed by atoms with Crippen molar-refractivity contribution in [1.82, 2.24) is 0 Å². The van der Waals surface area contributed by atoms with Crippen molar-refractivity contribution < 1.29 is 59.5 Å². The summed E-state index contributed by atoms with van der Waals surface area (Å²) in [7, 11) is 3.28. The topological polar surface area (TPSA) is 33.0 Å². The Morgan fingerprint density at radius 1 is 1.16 bits per heavy atom. The SMILES string of the molecule is [C-]#N.[CH2-]OCc1ccccc1.[Cu+2].[Li+].[Li+].[c-]1cccs1. The molecule has 2 nitrogen and oxygen atoms in total. The Bertz CT molecular complexity index is 340. The van der Waals surface area contributed by atoms with Crippen LogP contribution >= 0.6 is 11.3 Å². The zero-order valence-corrected chi connectivity index (χ0v) is 12.9. The monoisotopic (exact) mass is 307 g/mol. The van der Waals surface area contributed by atoms with Crippen LogP contribution in [0.5, 0.6) is 0 Å². The molecule has 0 amide bonds. The summed E-state index contributed by atoms with van der Waals surface area (Å²) in [4.78, 5) is 0. The predicted octanol–water partition coefficient (Wildman–Crippen LogP) is -2.36. The molecule has 0 fully saturated rings. The van der Waals surface area contributed by atoms with Gasteiger partial charge in [-0.05, 0) is 5.56 Å². The Labute approximate surface area is 154 Å². The average molecular weight is 308 g/mol.